The zero-order valence-corrected chi connectivity index (χ0v) is 11.5. The summed E-state index contributed by atoms with van der Waals surface area (Å²) in [6.07, 6.45) is 0.776. The Labute approximate surface area is 108 Å². The second-order valence-corrected chi connectivity index (χ2v) is 4.74. The first-order chi connectivity index (χ1) is 8.40. The summed E-state index contributed by atoms with van der Waals surface area (Å²) in [5, 5.41) is 8.67. The van der Waals surface area contributed by atoms with Crippen molar-refractivity contribution in [2.75, 3.05) is 11.4 Å². The summed E-state index contributed by atoms with van der Waals surface area (Å²) in [5.74, 6) is -0.0760. The van der Waals surface area contributed by atoms with E-state index in [4.69, 9.17) is 5.11 Å². The molecule has 0 spiro atoms. The molecule has 0 unspecified atom stereocenters. The molecule has 0 saturated carbocycles. The highest BCUT2D eigenvalue weighted by atomic mass is 16.4. The van der Waals surface area contributed by atoms with Gasteiger partial charge in [-0.2, -0.15) is 0 Å². The maximum atomic E-state index is 10.5. The van der Waals surface area contributed by atoms with Gasteiger partial charge in [-0.25, -0.2) is 9.97 Å². The lowest BCUT2D eigenvalue weighted by Gasteiger charge is -2.27. The summed E-state index contributed by atoms with van der Waals surface area (Å²) in [5.41, 5.74) is 1.86. The fraction of sp³-hybridized carbons (Fsp3) is 0.615. The smallest absolute Gasteiger partial charge is 0.303 e. The maximum absolute atomic E-state index is 10.5. The number of hydrogen-bond acceptors (Lipinski definition) is 4. The Morgan fingerprint density at radius 2 is 1.89 bits per heavy atom. The molecule has 18 heavy (non-hydrogen) atoms. The number of aliphatic carboxylic acids is 1. The number of anilines is 1. The molecule has 0 amide bonds. The minimum Gasteiger partial charge on any atom is -0.481 e. The van der Waals surface area contributed by atoms with Gasteiger partial charge in [0, 0.05) is 30.4 Å². The Morgan fingerprint density at radius 3 is 2.33 bits per heavy atom. The van der Waals surface area contributed by atoms with E-state index in [9.17, 15) is 4.79 Å². The van der Waals surface area contributed by atoms with Crippen LogP contribution in [0.25, 0.3) is 0 Å². The fourth-order valence-electron chi connectivity index (χ4n) is 1.83. The average Bonchev–Trinajstić information content (AvgIpc) is 2.21. The van der Waals surface area contributed by atoms with Crippen LogP contribution in [0.5, 0.6) is 0 Å². The van der Waals surface area contributed by atoms with Gasteiger partial charge in [0.2, 0.25) is 5.95 Å². The largest absolute Gasteiger partial charge is 0.481 e. The third-order valence-electron chi connectivity index (χ3n) is 2.64. The lowest BCUT2D eigenvalue weighted by Crippen LogP contribution is -2.33. The first-order valence-electron chi connectivity index (χ1n) is 6.21. The molecular weight excluding hydrogens is 230 g/mol. The predicted molar refractivity (Wildman–Crippen MR) is 70.9 cm³/mol. The molecule has 5 heteroatoms. The molecule has 0 aliphatic carbocycles. The van der Waals surface area contributed by atoms with Crippen LogP contribution in [0.3, 0.4) is 0 Å². The average molecular weight is 251 g/mol. The highest BCUT2D eigenvalue weighted by Crippen LogP contribution is 2.14. The number of carbonyl (C=O) groups is 1. The molecule has 0 atom stereocenters. The lowest BCUT2D eigenvalue weighted by molar-refractivity contribution is -0.137. The Bertz CT molecular complexity index is 398. The molecule has 5 nitrogen and oxygen atoms in total. The first kappa shape index (κ1) is 14.4. The van der Waals surface area contributed by atoms with E-state index in [0.29, 0.717) is 18.9 Å². The Morgan fingerprint density at radius 1 is 1.33 bits per heavy atom. The normalized spacial score (nSPS) is 10.7. The van der Waals surface area contributed by atoms with Gasteiger partial charge >= 0.3 is 5.97 Å². The monoisotopic (exact) mass is 251 g/mol. The molecule has 0 saturated heterocycles. The van der Waals surface area contributed by atoms with Crippen LogP contribution >= 0.6 is 0 Å². The third kappa shape index (κ3) is 4.31. The van der Waals surface area contributed by atoms with Crippen molar-refractivity contribution < 1.29 is 9.90 Å². The van der Waals surface area contributed by atoms with E-state index < -0.39 is 5.97 Å². The van der Waals surface area contributed by atoms with E-state index in [1.54, 1.807) is 0 Å². The number of rotatable bonds is 6. The number of aromatic nitrogens is 2. The van der Waals surface area contributed by atoms with Gasteiger partial charge in [-0.3, -0.25) is 4.79 Å². The zero-order valence-electron chi connectivity index (χ0n) is 11.5. The first-order valence-corrected chi connectivity index (χ1v) is 6.21. The SMILES string of the molecule is Cc1cc(C)nc(N(CCCC(=O)O)C(C)C)n1. The topological polar surface area (TPSA) is 66.3 Å². The van der Waals surface area contributed by atoms with Gasteiger partial charge in [0.15, 0.2) is 0 Å². The van der Waals surface area contributed by atoms with Crippen molar-refractivity contribution in [2.45, 2.75) is 46.6 Å². The van der Waals surface area contributed by atoms with Gasteiger partial charge in [0.1, 0.15) is 0 Å². The molecule has 1 aromatic heterocycles. The van der Waals surface area contributed by atoms with Gasteiger partial charge in [-0.05, 0) is 40.2 Å². The number of carboxylic acid groups (broad SMARTS) is 1. The van der Waals surface area contributed by atoms with Crippen molar-refractivity contribution in [3.63, 3.8) is 0 Å². The molecular formula is C13H21N3O2. The Hall–Kier alpha value is -1.65. The number of carboxylic acids is 1. The van der Waals surface area contributed by atoms with Crippen LogP contribution in [-0.2, 0) is 4.79 Å². The lowest BCUT2D eigenvalue weighted by atomic mass is 10.2. The summed E-state index contributed by atoms with van der Waals surface area (Å²) in [6.45, 7) is 8.65. The Balaban J connectivity index is 2.80. The molecule has 0 aliphatic rings. The van der Waals surface area contributed by atoms with Crippen LogP contribution in [0, 0.1) is 13.8 Å². The summed E-state index contributed by atoms with van der Waals surface area (Å²) in [4.78, 5) is 21.4. The van der Waals surface area contributed by atoms with Crippen LogP contribution in [0.1, 0.15) is 38.1 Å². The van der Waals surface area contributed by atoms with E-state index in [1.807, 2.05) is 24.8 Å². The van der Waals surface area contributed by atoms with E-state index in [0.717, 1.165) is 11.4 Å². The van der Waals surface area contributed by atoms with Crippen molar-refractivity contribution >= 4 is 11.9 Å². The van der Waals surface area contributed by atoms with Crippen molar-refractivity contribution in [1.29, 1.82) is 0 Å². The molecule has 100 valence electrons. The number of hydrogen-bond donors (Lipinski definition) is 1. The molecule has 0 aliphatic heterocycles. The highest BCUT2D eigenvalue weighted by molar-refractivity contribution is 5.66. The minimum atomic E-state index is -0.764. The summed E-state index contributed by atoms with van der Waals surface area (Å²) < 4.78 is 0. The van der Waals surface area contributed by atoms with Crippen LogP contribution in [0.2, 0.25) is 0 Å². The maximum Gasteiger partial charge on any atom is 0.303 e. The number of aryl methyl sites for hydroxylation is 2. The predicted octanol–water partition coefficient (Wildman–Crippen LogP) is 2.17. The van der Waals surface area contributed by atoms with Gasteiger partial charge in [0.05, 0.1) is 0 Å². The van der Waals surface area contributed by atoms with Crippen molar-refractivity contribution in [2.24, 2.45) is 0 Å². The molecule has 0 bridgehead atoms. The molecule has 1 N–H and O–H groups in total. The molecule has 1 aromatic rings. The van der Waals surface area contributed by atoms with Crippen molar-refractivity contribution in [3.05, 3.63) is 17.5 Å². The standard InChI is InChI=1S/C13H21N3O2/c1-9(2)16(7-5-6-12(17)18)13-14-10(3)8-11(4)15-13/h8-9H,5-7H2,1-4H3,(H,17,18). The third-order valence-corrected chi connectivity index (χ3v) is 2.64. The van der Waals surface area contributed by atoms with Gasteiger partial charge in [-0.15, -0.1) is 0 Å². The van der Waals surface area contributed by atoms with Crippen molar-refractivity contribution in [3.8, 4) is 0 Å². The van der Waals surface area contributed by atoms with Gasteiger partial charge in [0.25, 0.3) is 0 Å². The van der Waals surface area contributed by atoms with E-state index in [1.165, 1.54) is 0 Å². The molecule has 1 heterocycles. The van der Waals surface area contributed by atoms with Crippen LogP contribution in [0.4, 0.5) is 5.95 Å². The fourth-order valence-corrected chi connectivity index (χ4v) is 1.83. The van der Waals surface area contributed by atoms with Crippen LogP contribution < -0.4 is 4.90 Å². The van der Waals surface area contributed by atoms with E-state index in [2.05, 4.69) is 23.8 Å². The van der Waals surface area contributed by atoms with E-state index >= 15 is 0 Å². The van der Waals surface area contributed by atoms with Gasteiger partial charge in [-0.1, -0.05) is 0 Å². The molecule has 0 fully saturated rings. The van der Waals surface area contributed by atoms with E-state index in [-0.39, 0.29) is 12.5 Å². The highest BCUT2D eigenvalue weighted by Gasteiger charge is 2.14. The molecule has 0 aromatic carbocycles. The molecule has 1 rings (SSSR count). The second kappa shape index (κ2) is 6.33. The number of nitrogens with zero attached hydrogens (tertiary/aromatic N) is 3. The minimum absolute atomic E-state index is 0.175. The Kier molecular flexibility index (Phi) is 5.07. The summed E-state index contributed by atoms with van der Waals surface area (Å²) in [6, 6.07) is 2.18. The van der Waals surface area contributed by atoms with Crippen LogP contribution in [0.15, 0.2) is 6.07 Å². The second-order valence-electron chi connectivity index (χ2n) is 4.74. The van der Waals surface area contributed by atoms with Crippen LogP contribution in [-0.4, -0.2) is 33.6 Å². The summed E-state index contributed by atoms with van der Waals surface area (Å²) in [7, 11) is 0. The van der Waals surface area contributed by atoms with Crippen molar-refractivity contribution in [1.82, 2.24) is 9.97 Å². The molecule has 0 radical (unpaired) electrons. The van der Waals surface area contributed by atoms with Gasteiger partial charge < -0.3 is 10.0 Å². The quantitative estimate of drug-likeness (QED) is 0.839. The zero-order chi connectivity index (χ0) is 13.7. The summed E-state index contributed by atoms with van der Waals surface area (Å²) >= 11 is 0.